The second-order valence-corrected chi connectivity index (χ2v) is 4.64. The first kappa shape index (κ1) is 13.6. The molecule has 21 heavy (non-hydrogen) atoms. The van der Waals surface area contributed by atoms with Gasteiger partial charge in [-0.25, -0.2) is 4.98 Å². The van der Waals surface area contributed by atoms with Crippen molar-refractivity contribution in [3.8, 4) is 11.4 Å². The Kier molecular flexibility index (Phi) is 3.17. The van der Waals surface area contributed by atoms with Crippen molar-refractivity contribution >= 4 is 5.52 Å². The van der Waals surface area contributed by atoms with Crippen molar-refractivity contribution in [1.29, 1.82) is 0 Å². The largest absolute Gasteiger partial charge is 0.416 e. The summed E-state index contributed by atoms with van der Waals surface area (Å²) in [6, 6.07) is 10.6. The molecule has 0 aliphatic carbocycles. The zero-order valence-electron chi connectivity index (χ0n) is 10.9. The highest BCUT2D eigenvalue weighted by molar-refractivity contribution is 5.63. The van der Waals surface area contributed by atoms with Crippen molar-refractivity contribution < 1.29 is 13.2 Å². The van der Waals surface area contributed by atoms with Gasteiger partial charge in [-0.05, 0) is 24.3 Å². The summed E-state index contributed by atoms with van der Waals surface area (Å²) in [5.74, 6) is 0.583. The molecule has 1 aromatic carbocycles. The lowest BCUT2D eigenvalue weighted by Crippen LogP contribution is -2.06. The number of pyridine rings is 1. The van der Waals surface area contributed by atoms with Crippen LogP contribution in [0.1, 0.15) is 11.3 Å². The lowest BCUT2D eigenvalue weighted by Gasteiger charge is -2.09. The zero-order valence-corrected chi connectivity index (χ0v) is 10.9. The Hall–Kier alpha value is -2.34. The standard InChI is InChI=1S/C15H12F3N3/c16-15(17,18)11-6-4-10(5-7-11)14-20-9-13-3-1-2-12(8-19)21(13)14/h1-7,9H,8,19H2. The topological polar surface area (TPSA) is 43.3 Å². The van der Waals surface area contributed by atoms with E-state index >= 15 is 0 Å². The van der Waals surface area contributed by atoms with E-state index in [0.717, 1.165) is 23.3 Å². The van der Waals surface area contributed by atoms with Crippen molar-refractivity contribution in [2.75, 3.05) is 0 Å². The second kappa shape index (κ2) is 4.89. The smallest absolute Gasteiger partial charge is 0.325 e. The van der Waals surface area contributed by atoms with Gasteiger partial charge in [0.25, 0.3) is 0 Å². The third-order valence-electron chi connectivity index (χ3n) is 3.31. The van der Waals surface area contributed by atoms with Gasteiger partial charge < -0.3 is 5.73 Å². The molecule has 2 N–H and O–H groups in total. The normalized spacial score (nSPS) is 12.0. The number of hydrogen-bond donors (Lipinski definition) is 1. The van der Waals surface area contributed by atoms with Crippen LogP contribution >= 0.6 is 0 Å². The Morgan fingerprint density at radius 1 is 1.05 bits per heavy atom. The summed E-state index contributed by atoms with van der Waals surface area (Å²) < 4.78 is 39.6. The van der Waals surface area contributed by atoms with Gasteiger partial charge in [0.2, 0.25) is 0 Å². The van der Waals surface area contributed by atoms with E-state index in [-0.39, 0.29) is 0 Å². The molecule has 0 aliphatic rings. The highest BCUT2D eigenvalue weighted by atomic mass is 19.4. The number of nitrogens with zero attached hydrogens (tertiary/aromatic N) is 2. The van der Waals surface area contributed by atoms with Gasteiger partial charge in [-0.15, -0.1) is 0 Å². The number of alkyl halides is 3. The number of rotatable bonds is 2. The minimum Gasteiger partial charge on any atom is -0.325 e. The van der Waals surface area contributed by atoms with Crippen LogP contribution in [-0.4, -0.2) is 9.38 Å². The lowest BCUT2D eigenvalue weighted by molar-refractivity contribution is -0.137. The molecule has 0 aliphatic heterocycles. The number of fused-ring (bicyclic) bond motifs is 1. The van der Waals surface area contributed by atoms with Crippen LogP contribution in [0.25, 0.3) is 16.9 Å². The summed E-state index contributed by atoms with van der Waals surface area (Å²) in [5, 5.41) is 0. The van der Waals surface area contributed by atoms with E-state index in [0.29, 0.717) is 17.9 Å². The molecule has 0 radical (unpaired) electrons. The molecule has 2 heterocycles. The monoisotopic (exact) mass is 291 g/mol. The van der Waals surface area contributed by atoms with Gasteiger partial charge in [0, 0.05) is 17.8 Å². The molecule has 0 saturated carbocycles. The van der Waals surface area contributed by atoms with E-state index in [4.69, 9.17) is 5.73 Å². The highest BCUT2D eigenvalue weighted by Gasteiger charge is 2.30. The number of imidazole rings is 1. The number of halogens is 3. The van der Waals surface area contributed by atoms with Crippen LogP contribution in [0.3, 0.4) is 0 Å². The fourth-order valence-electron chi connectivity index (χ4n) is 2.29. The molecule has 0 spiro atoms. The second-order valence-electron chi connectivity index (χ2n) is 4.64. The quantitative estimate of drug-likeness (QED) is 0.785. The fraction of sp³-hybridized carbons (Fsp3) is 0.133. The summed E-state index contributed by atoms with van der Waals surface area (Å²) in [4.78, 5) is 4.29. The summed E-state index contributed by atoms with van der Waals surface area (Å²) in [6.45, 7) is 0.321. The minimum absolute atomic E-state index is 0.321. The molecule has 6 heteroatoms. The summed E-state index contributed by atoms with van der Waals surface area (Å²) in [5.41, 5.74) is 7.35. The number of aromatic nitrogens is 2. The van der Waals surface area contributed by atoms with E-state index in [1.807, 2.05) is 22.6 Å². The number of hydrogen-bond acceptors (Lipinski definition) is 2. The maximum Gasteiger partial charge on any atom is 0.416 e. The van der Waals surface area contributed by atoms with E-state index < -0.39 is 11.7 Å². The van der Waals surface area contributed by atoms with E-state index in [9.17, 15) is 13.2 Å². The van der Waals surface area contributed by atoms with E-state index in [1.54, 1.807) is 6.20 Å². The van der Waals surface area contributed by atoms with Crippen LogP contribution in [0.4, 0.5) is 13.2 Å². The Morgan fingerprint density at radius 3 is 2.38 bits per heavy atom. The van der Waals surface area contributed by atoms with Crippen LogP contribution in [0.15, 0.2) is 48.7 Å². The Labute approximate surface area is 118 Å². The van der Waals surface area contributed by atoms with Gasteiger partial charge in [-0.3, -0.25) is 4.40 Å². The van der Waals surface area contributed by atoms with Gasteiger partial charge >= 0.3 is 6.18 Å². The molecule has 0 bridgehead atoms. The van der Waals surface area contributed by atoms with E-state index in [2.05, 4.69) is 4.98 Å². The fourth-order valence-corrected chi connectivity index (χ4v) is 2.29. The van der Waals surface area contributed by atoms with Crippen LogP contribution in [0, 0.1) is 0 Å². The summed E-state index contributed by atoms with van der Waals surface area (Å²) in [7, 11) is 0. The zero-order chi connectivity index (χ0) is 15.0. The van der Waals surface area contributed by atoms with Crippen molar-refractivity contribution in [2.24, 2.45) is 5.73 Å². The molecule has 0 amide bonds. The molecular weight excluding hydrogens is 279 g/mol. The minimum atomic E-state index is -4.34. The molecule has 108 valence electrons. The summed E-state index contributed by atoms with van der Waals surface area (Å²) in [6.07, 6.45) is -2.66. The van der Waals surface area contributed by atoms with Gasteiger partial charge in [0.05, 0.1) is 17.3 Å². The van der Waals surface area contributed by atoms with Gasteiger partial charge in [0.1, 0.15) is 5.82 Å². The average Bonchev–Trinajstić information content (AvgIpc) is 2.90. The number of nitrogens with two attached hydrogens (primary N) is 1. The van der Waals surface area contributed by atoms with Crippen molar-refractivity contribution in [3.63, 3.8) is 0 Å². The molecule has 0 saturated heterocycles. The van der Waals surface area contributed by atoms with Crippen LogP contribution in [0.2, 0.25) is 0 Å². The van der Waals surface area contributed by atoms with Crippen LogP contribution in [-0.2, 0) is 12.7 Å². The molecule has 3 aromatic rings. The average molecular weight is 291 g/mol. The highest BCUT2D eigenvalue weighted by Crippen LogP contribution is 2.31. The van der Waals surface area contributed by atoms with Gasteiger partial charge in [0.15, 0.2) is 0 Å². The Balaban J connectivity index is 2.13. The van der Waals surface area contributed by atoms with Crippen molar-refractivity contribution in [1.82, 2.24) is 9.38 Å². The van der Waals surface area contributed by atoms with Gasteiger partial charge in [-0.2, -0.15) is 13.2 Å². The predicted octanol–water partition coefficient (Wildman–Crippen LogP) is 3.48. The molecule has 3 nitrogen and oxygen atoms in total. The van der Waals surface area contributed by atoms with E-state index in [1.165, 1.54) is 12.1 Å². The molecule has 0 unspecified atom stereocenters. The third-order valence-corrected chi connectivity index (χ3v) is 3.31. The third kappa shape index (κ3) is 2.38. The maximum absolute atomic E-state index is 12.6. The van der Waals surface area contributed by atoms with Crippen LogP contribution in [0.5, 0.6) is 0 Å². The number of benzene rings is 1. The SMILES string of the molecule is NCc1cccc2cnc(-c3ccc(C(F)(F)F)cc3)n12. The molecule has 2 aromatic heterocycles. The van der Waals surface area contributed by atoms with Crippen molar-refractivity contribution in [2.45, 2.75) is 12.7 Å². The van der Waals surface area contributed by atoms with Crippen LogP contribution < -0.4 is 5.73 Å². The summed E-state index contributed by atoms with van der Waals surface area (Å²) >= 11 is 0. The molecule has 3 rings (SSSR count). The first-order valence-electron chi connectivity index (χ1n) is 6.34. The lowest BCUT2D eigenvalue weighted by atomic mass is 10.1. The van der Waals surface area contributed by atoms with Crippen molar-refractivity contribution in [3.05, 3.63) is 59.9 Å². The van der Waals surface area contributed by atoms with Gasteiger partial charge in [-0.1, -0.05) is 18.2 Å². The predicted molar refractivity (Wildman–Crippen MR) is 73.5 cm³/mol. The first-order valence-corrected chi connectivity index (χ1v) is 6.34. The Morgan fingerprint density at radius 2 is 1.76 bits per heavy atom. The molecule has 0 atom stereocenters. The Bertz CT molecular complexity index is 773. The molecule has 0 fully saturated rings. The maximum atomic E-state index is 12.6. The molecular formula is C15H12F3N3. The first-order chi connectivity index (χ1) is 10.0.